The van der Waals surface area contributed by atoms with Crippen molar-refractivity contribution in [3.63, 3.8) is 0 Å². The summed E-state index contributed by atoms with van der Waals surface area (Å²) in [4.78, 5) is 40.0. The molecule has 2 aliphatic rings. The van der Waals surface area contributed by atoms with Crippen molar-refractivity contribution in [1.82, 2.24) is 15.5 Å². The fourth-order valence-electron chi connectivity index (χ4n) is 4.10. The molecule has 1 aliphatic carbocycles. The lowest BCUT2D eigenvalue weighted by molar-refractivity contribution is -0.129. The molecule has 4 rings (SSSR count). The monoisotopic (exact) mass is 435 g/mol. The molecule has 1 saturated carbocycles. The van der Waals surface area contributed by atoms with Crippen LogP contribution in [0.15, 0.2) is 48.5 Å². The van der Waals surface area contributed by atoms with Gasteiger partial charge in [0.1, 0.15) is 11.8 Å². The second-order valence-corrected chi connectivity index (χ2v) is 8.68. The summed E-state index contributed by atoms with van der Waals surface area (Å²) in [5.41, 5.74) is 2.19. The first kappa shape index (κ1) is 21.9. The molecule has 32 heavy (non-hydrogen) atoms. The van der Waals surface area contributed by atoms with Crippen LogP contribution in [0.25, 0.3) is 0 Å². The number of ether oxygens (including phenoxy) is 1. The smallest absolute Gasteiger partial charge is 0.255 e. The Kier molecular flexibility index (Phi) is 6.17. The highest BCUT2D eigenvalue weighted by molar-refractivity contribution is 6.05. The molecule has 0 radical (unpaired) electrons. The van der Waals surface area contributed by atoms with E-state index >= 15 is 0 Å². The van der Waals surface area contributed by atoms with Crippen LogP contribution in [-0.2, 0) is 9.59 Å². The van der Waals surface area contributed by atoms with Crippen LogP contribution in [0.5, 0.6) is 5.75 Å². The molecule has 3 amide bonds. The Morgan fingerprint density at radius 1 is 1.09 bits per heavy atom. The van der Waals surface area contributed by atoms with E-state index in [-0.39, 0.29) is 42.5 Å². The Morgan fingerprint density at radius 3 is 2.56 bits per heavy atom. The molecule has 2 aromatic rings. The minimum Gasteiger partial charge on any atom is -0.491 e. The third-order valence-corrected chi connectivity index (χ3v) is 5.72. The van der Waals surface area contributed by atoms with Crippen molar-refractivity contribution in [3.05, 3.63) is 65.2 Å². The lowest BCUT2D eigenvalue weighted by atomic mass is 10.0. The van der Waals surface area contributed by atoms with Crippen LogP contribution in [0.1, 0.15) is 67.2 Å². The maximum absolute atomic E-state index is 13.0. The maximum atomic E-state index is 13.0. The maximum Gasteiger partial charge on any atom is 0.255 e. The van der Waals surface area contributed by atoms with Crippen molar-refractivity contribution in [3.8, 4) is 5.75 Å². The molecule has 2 aromatic carbocycles. The number of amides is 3. The van der Waals surface area contributed by atoms with E-state index < -0.39 is 6.04 Å². The van der Waals surface area contributed by atoms with E-state index in [2.05, 4.69) is 10.6 Å². The van der Waals surface area contributed by atoms with E-state index in [1.165, 1.54) is 0 Å². The molecule has 168 valence electrons. The third kappa shape index (κ3) is 4.61. The average Bonchev–Trinajstić information content (AvgIpc) is 3.56. The topological polar surface area (TPSA) is 87.7 Å². The van der Waals surface area contributed by atoms with Gasteiger partial charge in [0, 0.05) is 11.6 Å². The molecule has 0 saturated heterocycles. The zero-order valence-corrected chi connectivity index (χ0v) is 18.6. The summed E-state index contributed by atoms with van der Waals surface area (Å²) in [6, 6.07) is 14.0. The number of nitrogens with zero attached hydrogens (tertiary/aromatic N) is 1. The van der Waals surface area contributed by atoms with E-state index in [9.17, 15) is 14.4 Å². The molecule has 0 aromatic heterocycles. The lowest BCUT2D eigenvalue weighted by Gasteiger charge is -2.24. The SMILES string of the molecule is CC(C)Oc1cccc(C(C)NC(=O)CNC(=O)C2c3ccccc3C(=O)N2C2CC2)c1. The first-order valence-electron chi connectivity index (χ1n) is 11.1. The largest absolute Gasteiger partial charge is 0.491 e. The van der Waals surface area contributed by atoms with Gasteiger partial charge in [0.05, 0.1) is 18.7 Å². The highest BCUT2D eigenvalue weighted by Gasteiger charge is 2.47. The highest BCUT2D eigenvalue weighted by Crippen LogP contribution is 2.41. The van der Waals surface area contributed by atoms with Crippen molar-refractivity contribution in [2.24, 2.45) is 0 Å². The molecule has 0 bridgehead atoms. The first-order valence-corrected chi connectivity index (χ1v) is 11.1. The Bertz CT molecular complexity index is 1030. The van der Waals surface area contributed by atoms with Crippen molar-refractivity contribution >= 4 is 17.7 Å². The number of fused-ring (bicyclic) bond motifs is 1. The summed E-state index contributed by atoms with van der Waals surface area (Å²) >= 11 is 0. The van der Waals surface area contributed by atoms with Gasteiger partial charge in [-0.15, -0.1) is 0 Å². The molecule has 7 nitrogen and oxygen atoms in total. The second kappa shape index (κ2) is 9.02. The lowest BCUT2D eigenvalue weighted by Crippen LogP contribution is -2.44. The van der Waals surface area contributed by atoms with Gasteiger partial charge < -0.3 is 20.3 Å². The van der Waals surface area contributed by atoms with Gasteiger partial charge >= 0.3 is 0 Å². The number of carbonyl (C=O) groups is 3. The normalized spacial score (nSPS) is 18.3. The summed E-state index contributed by atoms with van der Waals surface area (Å²) < 4.78 is 5.72. The average molecular weight is 436 g/mol. The van der Waals surface area contributed by atoms with Crippen LogP contribution in [0, 0.1) is 0 Å². The molecule has 1 heterocycles. The molecule has 0 spiro atoms. The molecule has 2 N–H and O–H groups in total. The predicted octanol–water partition coefficient (Wildman–Crippen LogP) is 3.13. The highest BCUT2D eigenvalue weighted by atomic mass is 16.5. The summed E-state index contributed by atoms with van der Waals surface area (Å²) in [6.07, 6.45) is 1.87. The fourth-order valence-corrected chi connectivity index (χ4v) is 4.10. The standard InChI is InChI=1S/C25H29N3O4/c1-15(2)32-19-8-6-7-17(13-19)16(3)27-22(29)14-26-24(30)23-20-9-4-5-10-21(20)25(31)28(23)18-11-12-18/h4-10,13,15-16,18,23H,11-12,14H2,1-3H3,(H,26,30)(H,27,29). The molecule has 2 unspecified atom stereocenters. The van der Waals surface area contributed by atoms with Crippen LogP contribution in [0.2, 0.25) is 0 Å². The number of benzene rings is 2. The molecule has 7 heteroatoms. The van der Waals surface area contributed by atoms with Gasteiger partial charge in [-0.2, -0.15) is 0 Å². The van der Waals surface area contributed by atoms with Crippen LogP contribution in [-0.4, -0.2) is 41.3 Å². The van der Waals surface area contributed by atoms with E-state index in [1.807, 2.05) is 57.2 Å². The van der Waals surface area contributed by atoms with Gasteiger partial charge in [-0.1, -0.05) is 30.3 Å². The summed E-state index contributed by atoms with van der Waals surface area (Å²) in [5, 5.41) is 5.63. The molecule has 1 aliphatic heterocycles. The van der Waals surface area contributed by atoms with Crippen LogP contribution < -0.4 is 15.4 Å². The molecule has 1 fully saturated rings. The molecular weight excluding hydrogens is 406 g/mol. The van der Waals surface area contributed by atoms with E-state index in [1.54, 1.807) is 17.0 Å². The van der Waals surface area contributed by atoms with Crippen LogP contribution in [0.3, 0.4) is 0 Å². The van der Waals surface area contributed by atoms with Crippen LogP contribution >= 0.6 is 0 Å². The van der Waals surface area contributed by atoms with E-state index in [4.69, 9.17) is 4.74 Å². The minimum absolute atomic E-state index is 0.0631. The Labute approximate surface area is 188 Å². The Balaban J connectivity index is 1.37. The minimum atomic E-state index is -0.679. The molecular formula is C25H29N3O4. The Morgan fingerprint density at radius 2 is 1.84 bits per heavy atom. The zero-order chi connectivity index (χ0) is 22.8. The van der Waals surface area contributed by atoms with Crippen molar-refractivity contribution in [2.45, 2.75) is 57.8 Å². The fraction of sp³-hybridized carbons (Fsp3) is 0.400. The van der Waals surface area contributed by atoms with Gasteiger partial charge in [0.25, 0.3) is 5.91 Å². The number of nitrogens with one attached hydrogen (secondary N) is 2. The van der Waals surface area contributed by atoms with Gasteiger partial charge in [0.15, 0.2) is 0 Å². The first-order chi connectivity index (χ1) is 15.3. The Hall–Kier alpha value is -3.35. The number of rotatable bonds is 8. The number of hydrogen-bond donors (Lipinski definition) is 2. The summed E-state index contributed by atoms with van der Waals surface area (Å²) in [7, 11) is 0. The van der Waals surface area contributed by atoms with Crippen molar-refractivity contribution in [1.29, 1.82) is 0 Å². The molecule has 2 atom stereocenters. The number of hydrogen-bond acceptors (Lipinski definition) is 4. The predicted molar refractivity (Wildman–Crippen MR) is 120 cm³/mol. The van der Waals surface area contributed by atoms with E-state index in [0.29, 0.717) is 11.1 Å². The van der Waals surface area contributed by atoms with Crippen molar-refractivity contribution in [2.75, 3.05) is 6.54 Å². The summed E-state index contributed by atoms with van der Waals surface area (Å²) in [6.45, 7) is 5.65. The number of carbonyl (C=O) groups excluding carboxylic acids is 3. The second-order valence-electron chi connectivity index (χ2n) is 8.68. The summed E-state index contributed by atoms with van der Waals surface area (Å²) in [5.74, 6) is 0.0170. The van der Waals surface area contributed by atoms with Crippen molar-refractivity contribution < 1.29 is 19.1 Å². The van der Waals surface area contributed by atoms with Gasteiger partial charge in [-0.05, 0) is 62.9 Å². The quantitative estimate of drug-likeness (QED) is 0.667. The van der Waals surface area contributed by atoms with E-state index in [0.717, 1.165) is 24.2 Å². The third-order valence-electron chi connectivity index (χ3n) is 5.72. The van der Waals surface area contributed by atoms with Gasteiger partial charge in [-0.25, -0.2) is 0 Å². The zero-order valence-electron chi connectivity index (χ0n) is 18.6. The van der Waals surface area contributed by atoms with Gasteiger partial charge in [0.2, 0.25) is 11.8 Å². The van der Waals surface area contributed by atoms with Gasteiger partial charge in [-0.3, -0.25) is 14.4 Å². The van der Waals surface area contributed by atoms with Crippen LogP contribution in [0.4, 0.5) is 0 Å².